The van der Waals surface area contributed by atoms with E-state index in [-0.39, 0.29) is 0 Å². The van der Waals surface area contributed by atoms with Crippen molar-refractivity contribution in [2.24, 2.45) is 5.73 Å². The van der Waals surface area contributed by atoms with Crippen LogP contribution in [-0.2, 0) is 12.8 Å². The summed E-state index contributed by atoms with van der Waals surface area (Å²) in [6.07, 6.45) is 4.98. The Kier molecular flexibility index (Phi) is 3.65. The Hall–Kier alpha value is -1.94. The van der Waals surface area contributed by atoms with Gasteiger partial charge in [0.15, 0.2) is 0 Å². The Morgan fingerprint density at radius 3 is 2.80 bits per heavy atom. The van der Waals surface area contributed by atoms with Gasteiger partial charge in [0.05, 0.1) is 5.56 Å². The van der Waals surface area contributed by atoms with Crippen LogP contribution in [0, 0.1) is 0 Å². The molecule has 0 saturated heterocycles. The lowest BCUT2D eigenvalue weighted by Gasteiger charge is -2.26. The Labute approximate surface area is 124 Å². The number of nitrogens with zero attached hydrogens (tertiary/aromatic N) is 1. The molecule has 1 aliphatic rings. The number of aromatic nitrogens is 1. The molecule has 102 valence electrons. The smallest absolute Gasteiger partial charge is 0.136 e. The van der Waals surface area contributed by atoms with Gasteiger partial charge in [0, 0.05) is 12.2 Å². The normalized spacial score (nSPS) is 17.3. The van der Waals surface area contributed by atoms with E-state index < -0.39 is 0 Å². The van der Waals surface area contributed by atoms with Gasteiger partial charge in [-0.15, -0.1) is 0 Å². The molecular weight excluding hydrogens is 266 g/mol. The third kappa shape index (κ3) is 2.65. The van der Waals surface area contributed by atoms with Crippen LogP contribution in [0.25, 0.3) is 0 Å². The quantitative estimate of drug-likeness (QED) is 0.850. The van der Waals surface area contributed by atoms with Gasteiger partial charge in [-0.2, -0.15) is 0 Å². The van der Waals surface area contributed by atoms with Crippen LogP contribution < -0.4 is 11.1 Å². The van der Waals surface area contributed by atoms with Crippen LogP contribution in [0.5, 0.6) is 0 Å². The molecule has 3 rings (SSSR count). The number of rotatable bonds is 3. The molecule has 1 heterocycles. The van der Waals surface area contributed by atoms with Crippen molar-refractivity contribution in [3.63, 3.8) is 0 Å². The van der Waals surface area contributed by atoms with Crippen LogP contribution in [-0.4, -0.2) is 16.0 Å². The van der Waals surface area contributed by atoms with E-state index in [0.29, 0.717) is 11.0 Å². The van der Waals surface area contributed by atoms with Crippen LogP contribution in [0.4, 0.5) is 5.82 Å². The summed E-state index contributed by atoms with van der Waals surface area (Å²) in [7, 11) is 0. The number of thiocarbonyl (C=S) groups is 1. The number of hydrogen-bond acceptors (Lipinski definition) is 3. The summed E-state index contributed by atoms with van der Waals surface area (Å²) in [6, 6.07) is 12.8. The highest BCUT2D eigenvalue weighted by molar-refractivity contribution is 7.80. The topological polar surface area (TPSA) is 50.9 Å². The standard InChI is InChI=1S/C16H17N3S/c17-15(20)14-6-3-9-18-16(14)19-13-8-7-11-4-1-2-5-12(11)10-13/h1-6,9,13H,7-8,10H2,(H2,17,20)(H,18,19). The fraction of sp³-hybridized carbons (Fsp3) is 0.250. The van der Waals surface area contributed by atoms with Gasteiger partial charge in [-0.05, 0) is 42.5 Å². The number of anilines is 1. The average Bonchev–Trinajstić information content (AvgIpc) is 2.47. The van der Waals surface area contributed by atoms with Gasteiger partial charge in [-0.1, -0.05) is 36.5 Å². The molecule has 0 spiro atoms. The second-order valence-electron chi connectivity index (χ2n) is 5.12. The predicted molar refractivity (Wildman–Crippen MR) is 86.0 cm³/mol. The van der Waals surface area contributed by atoms with E-state index in [9.17, 15) is 0 Å². The fourth-order valence-electron chi connectivity index (χ4n) is 2.73. The van der Waals surface area contributed by atoms with Crippen LogP contribution >= 0.6 is 12.2 Å². The minimum absolute atomic E-state index is 0.382. The van der Waals surface area contributed by atoms with E-state index in [1.54, 1.807) is 6.20 Å². The van der Waals surface area contributed by atoms with Crippen molar-refractivity contribution in [2.75, 3.05) is 5.32 Å². The van der Waals surface area contributed by atoms with Crippen molar-refractivity contribution in [1.82, 2.24) is 4.98 Å². The summed E-state index contributed by atoms with van der Waals surface area (Å²) in [5.41, 5.74) is 9.45. The highest BCUT2D eigenvalue weighted by Gasteiger charge is 2.19. The van der Waals surface area contributed by atoms with Gasteiger partial charge < -0.3 is 11.1 Å². The molecule has 2 aromatic rings. The van der Waals surface area contributed by atoms with E-state index in [2.05, 4.69) is 34.6 Å². The molecular formula is C16H17N3S. The molecule has 20 heavy (non-hydrogen) atoms. The van der Waals surface area contributed by atoms with Gasteiger partial charge in [-0.3, -0.25) is 0 Å². The largest absolute Gasteiger partial charge is 0.389 e. The predicted octanol–water partition coefficient (Wildman–Crippen LogP) is 2.69. The van der Waals surface area contributed by atoms with Crippen LogP contribution in [0.15, 0.2) is 42.6 Å². The molecule has 0 fully saturated rings. The second kappa shape index (κ2) is 5.59. The third-order valence-electron chi connectivity index (χ3n) is 3.76. The van der Waals surface area contributed by atoms with Crippen LogP contribution in [0.1, 0.15) is 23.1 Å². The summed E-state index contributed by atoms with van der Waals surface area (Å²) >= 11 is 5.08. The first-order chi connectivity index (χ1) is 9.74. The number of aryl methyl sites for hydroxylation is 1. The first-order valence-electron chi connectivity index (χ1n) is 6.82. The Balaban J connectivity index is 1.79. The Morgan fingerprint density at radius 1 is 1.20 bits per heavy atom. The van der Waals surface area contributed by atoms with Gasteiger partial charge in [-0.25, -0.2) is 4.98 Å². The number of nitrogens with one attached hydrogen (secondary N) is 1. The Morgan fingerprint density at radius 2 is 2.00 bits per heavy atom. The molecule has 1 atom stereocenters. The average molecular weight is 283 g/mol. The molecule has 0 saturated carbocycles. The molecule has 1 aromatic heterocycles. The maximum atomic E-state index is 5.75. The minimum atomic E-state index is 0.382. The number of fused-ring (bicyclic) bond motifs is 1. The molecule has 1 aromatic carbocycles. The van der Waals surface area contributed by atoms with Crippen molar-refractivity contribution in [1.29, 1.82) is 0 Å². The minimum Gasteiger partial charge on any atom is -0.389 e. The highest BCUT2D eigenvalue weighted by Crippen LogP contribution is 2.24. The summed E-state index contributed by atoms with van der Waals surface area (Å²) < 4.78 is 0. The number of pyridine rings is 1. The van der Waals surface area contributed by atoms with Crippen molar-refractivity contribution >= 4 is 23.0 Å². The molecule has 0 aliphatic heterocycles. The van der Waals surface area contributed by atoms with Gasteiger partial charge >= 0.3 is 0 Å². The molecule has 4 heteroatoms. The summed E-state index contributed by atoms with van der Waals surface area (Å²) in [5, 5.41) is 3.49. The summed E-state index contributed by atoms with van der Waals surface area (Å²) in [5.74, 6) is 0.796. The van der Waals surface area contributed by atoms with E-state index in [0.717, 1.165) is 30.6 Å². The van der Waals surface area contributed by atoms with Crippen LogP contribution in [0.2, 0.25) is 0 Å². The second-order valence-corrected chi connectivity index (χ2v) is 5.56. The summed E-state index contributed by atoms with van der Waals surface area (Å²) in [6.45, 7) is 0. The van der Waals surface area contributed by atoms with E-state index >= 15 is 0 Å². The lowest BCUT2D eigenvalue weighted by atomic mass is 9.88. The molecule has 0 amide bonds. The lowest BCUT2D eigenvalue weighted by Crippen LogP contribution is -2.29. The van der Waals surface area contributed by atoms with Gasteiger partial charge in [0.2, 0.25) is 0 Å². The third-order valence-corrected chi connectivity index (χ3v) is 3.98. The van der Waals surface area contributed by atoms with Crippen molar-refractivity contribution in [3.8, 4) is 0 Å². The number of hydrogen-bond donors (Lipinski definition) is 2. The maximum absolute atomic E-state index is 5.75. The zero-order valence-corrected chi connectivity index (χ0v) is 12.0. The Bertz CT molecular complexity index is 639. The highest BCUT2D eigenvalue weighted by atomic mass is 32.1. The first kappa shape index (κ1) is 13.1. The zero-order chi connectivity index (χ0) is 13.9. The monoisotopic (exact) mass is 283 g/mol. The molecule has 3 N–H and O–H groups in total. The SMILES string of the molecule is NC(=S)c1cccnc1NC1CCc2ccccc2C1. The summed E-state index contributed by atoms with van der Waals surface area (Å²) in [4.78, 5) is 4.76. The maximum Gasteiger partial charge on any atom is 0.136 e. The van der Waals surface area contributed by atoms with Crippen molar-refractivity contribution < 1.29 is 0 Å². The van der Waals surface area contributed by atoms with E-state index in [1.807, 2.05) is 12.1 Å². The van der Waals surface area contributed by atoms with Gasteiger partial charge in [0.25, 0.3) is 0 Å². The molecule has 3 nitrogen and oxygen atoms in total. The van der Waals surface area contributed by atoms with Crippen LogP contribution in [0.3, 0.4) is 0 Å². The van der Waals surface area contributed by atoms with Crippen molar-refractivity contribution in [3.05, 3.63) is 59.3 Å². The fourth-order valence-corrected chi connectivity index (χ4v) is 2.90. The van der Waals surface area contributed by atoms with E-state index in [1.165, 1.54) is 11.1 Å². The van der Waals surface area contributed by atoms with Crippen molar-refractivity contribution in [2.45, 2.75) is 25.3 Å². The molecule has 0 radical (unpaired) electrons. The zero-order valence-electron chi connectivity index (χ0n) is 11.2. The lowest BCUT2D eigenvalue weighted by molar-refractivity contribution is 0.609. The molecule has 0 bridgehead atoms. The van der Waals surface area contributed by atoms with Gasteiger partial charge in [0.1, 0.15) is 10.8 Å². The first-order valence-corrected chi connectivity index (χ1v) is 7.23. The molecule has 1 unspecified atom stereocenters. The number of benzene rings is 1. The molecule has 1 aliphatic carbocycles. The van der Waals surface area contributed by atoms with E-state index in [4.69, 9.17) is 18.0 Å². The number of nitrogens with two attached hydrogens (primary N) is 1.